The van der Waals surface area contributed by atoms with E-state index in [-0.39, 0.29) is 11.9 Å². The number of amides is 1. The van der Waals surface area contributed by atoms with Gasteiger partial charge in [-0.05, 0) is 43.6 Å². The predicted molar refractivity (Wildman–Crippen MR) is 104 cm³/mol. The molecule has 1 aliphatic carbocycles. The van der Waals surface area contributed by atoms with Crippen LogP contribution in [0, 0.1) is 17.2 Å². The van der Waals surface area contributed by atoms with E-state index < -0.39 is 5.54 Å². The summed E-state index contributed by atoms with van der Waals surface area (Å²) in [5, 5.41) is 14.5. The minimum atomic E-state index is -0.629. The summed E-state index contributed by atoms with van der Waals surface area (Å²) in [6.07, 6.45) is 4.74. The highest BCUT2D eigenvalue weighted by molar-refractivity contribution is 5.78. The Labute approximate surface area is 158 Å². The fourth-order valence-corrected chi connectivity index (χ4v) is 3.87. The van der Waals surface area contributed by atoms with Gasteiger partial charge in [0.05, 0.1) is 6.07 Å². The quantitative estimate of drug-likeness (QED) is 0.749. The Morgan fingerprint density at radius 1 is 1.19 bits per heavy atom. The number of nitrogens with two attached hydrogens (primary N) is 1. The maximum Gasteiger partial charge on any atom is 0.276 e. The van der Waals surface area contributed by atoms with E-state index in [0.717, 1.165) is 32.1 Å². The van der Waals surface area contributed by atoms with Crippen molar-refractivity contribution in [2.45, 2.75) is 77.3 Å². The normalized spacial score (nSPS) is 18.3. The van der Waals surface area contributed by atoms with Crippen LogP contribution in [0.1, 0.15) is 82.9 Å². The van der Waals surface area contributed by atoms with Gasteiger partial charge in [0.1, 0.15) is 11.6 Å². The summed E-state index contributed by atoms with van der Waals surface area (Å²) < 4.78 is 0. The second kappa shape index (κ2) is 9.19. The molecule has 0 bridgehead atoms. The first-order chi connectivity index (χ1) is 12.4. The number of nitriles is 1. The summed E-state index contributed by atoms with van der Waals surface area (Å²) >= 11 is 0. The SMILES string of the molecule is CC[C@@H](C)c1ccc([C@H]([NH2+]CC(=O)NC2(C#N)CCCC2)C(C)C)cc1. The highest BCUT2D eigenvalue weighted by Crippen LogP contribution is 2.28. The number of carbonyl (C=O) groups is 1. The molecular weight excluding hydrogens is 322 g/mol. The Morgan fingerprint density at radius 3 is 2.27 bits per heavy atom. The Hall–Kier alpha value is -1.86. The van der Waals surface area contributed by atoms with Gasteiger partial charge in [0, 0.05) is 11.5 Å². The van der Waals surface area contributed by atoms with Gasteiger partial charge in [-0.1, -0.05) is 52.0 Å². The Kier molecular flexibility index (Phi) is 7.23. The van der Waals surface area contributed by atoms with Crippen LogP contribution in [0.2, 0.25) is 0 Å². The first-order valence-corrected chi connectivity index (χ1v) is 10.1. The summed E-state index contributed by atoms with van der Waals surface area (Å²) in [5.41, 5.74) is 2.00. The van der Waals surface area contributed by atoms with Gasteiger partial charge >= 0.3 is 0 Å². The Balaban J connectivity index is 1.98. The van der Waals surface area contributed by atoms with E-state index in [4.69, 9.17) is 0 Å². The molecule has 0 aromatic heterocycles. The van der Waals surface area contributed by atoms with Gasteiger partial charge in [0.15, 0.2) is 6.54 Å². The molecule has 26 heavy (non-hydrogen) atoms. The lowest BCUT2D eigenvalue weighted by Crippen LogP contribution is -2.88. The molecule has 2 rings (SSSR count). The number of rotatable bonds is 8. The monoisotopic (exact) mass is 356 g/mol. The third kappa shape index (κ3) is 5.08. The summed E-state index contributed by atoms with van der Waals surface area (Å²) in [7, 11) is 0. The van der Waals surface area contributed by atoms with Crippen molar-refractivity contribution in [3.63, 3.8) is 0 Å². The molecule has 1 fully saturated rings. The highest BCUT2D eigenvalue weighted by atomic mass is 16.2. The second-order valence-electron chi connectivity index (χ2n) is 8.13. The molecule has 4 heteroatoms. The van der Waals surface area contributed by atoms with Gasteiger partial charge < -0.3 is 10.6 Å². The van der Waals surface area contributed by atoms with Crippen LogP contribution in [0.5, 0.6) is 0 Å². The van der Waals surface area contributed by atoms with Crippen molar-refractivity contribution in [2.75, 3.05) is 6.54 Å². The van der Waals surface area contributed by atoms with Gasteiger partial charge in [-0.2, -0.15) is 5.26 Å². The largest absolute Gasteiger partial charge is 0.333 e. The van der Waals surface area contributed by atoms with Gasteiger partial charge in [-0.15, -0.1) is 0 Å². The molecule has 0 radical (unpaired) electrons. The molecule has 0 unspecified atom stereocenters. The van der Waals surface area contributed by atoms with Crippen molar-refractivity contribution in [1.29, 1.82) is 5.26 Å². The van der Waals surface area contributed by atoms with Crippen LogP contribution in [0.15, 0.2) is 24.3 Å². The van der Waals surface area contributed by atoms with Crippen molar-refractivity contribution in [1.82, 2.24) is 5.32 Å². The van der Waals surface area contributed by atoms with Crippen molar-refractivity contribution in [3.8, 4) is 6.07 Å². The first kappa shape index (κ1) is 20.5. The van der Waals surface area contributed by atoms with Crippen molar-refractivity contribution in [2.24, 2.45) is 5.92 Å². The molecule has 2 atom stereocenters. The van der Waals surface area contributed by atoms with E-state index in [1.165, 1.54) is 11.1 Å². The molecule has 4 nitrogen and oxygen atoms in total. The van der Waals surface area contributed by atoms with Crippen molar-refractivity contribution in [3.05, 3.63) is 35.4 Å². The summed E-state index contributed by atoms with van der Waals surface area (Å²) in [6, 6.07) is 11.4. The third-order valence-corrected chi connectivity index (χ3v) is 5.83. The fraction of sp³-hybridized carbons (Fsp3) is 0.636. The Bertz CT molecular complexity index is 624. The van der Waals surface area contributed by atoms with Gasteiger partial charge in [-0.3, -0.25) is 4.79 Å². The molecule has 1 aromatic rings. The zero-order valence-electron chi connectivity index (χ0n) is 16.7. The van der Waals surface area contributed by atoms with Crippen LogP contribution in [-0.4, -0.2) is 18.0 Å². The summed E-state index contributed by atoms with van der Waals surface area (Å²) in [4.78, 5) is 12.4. The molecule has 0 saturated heterocycles. The summed E-state index contributed by atoms with van der Waals surface area (Å²) in [6.45, 7) is 9.20. The van der Waals surface area contributed by atoms with Crippen molar-refractivity contribution < 1.29 is 10.1 Å². The van der Waals surface area contributed by atoms with Crippen LogP contribution in [0.4, 0.5) is 0 Å². The van der Waals surface area contributed by atoms with E-state index in [2.05, 4.69) is 68.7 Å². The number of hydrogen-bond donors (Lipinski definition) is 2. The minimum Gasteiger partial charge on any atom is -0.333 e. The number of hydrogen-bond acceptors (Lipinski definition) is 2. The molecule has 0 spiro atoms. The average Bonchev–Trinajstić information content (AvgIpc) is 3.10. The van der Waals surface area contributed by atoms with E-state index in [9.17, 15) is 10.1 Å². The number of nitrogens with one attached hydrogen (secondary N) is 1. The molecule has 1 aliphatic rings. The summed E-state index contributed by atoms with van der Waals surface area (Å²) in [5.74, 6) is 0.967. The standard InChI is InChI=1S/C22H33N3O/c1-5-17(4)18-8-10-19(11-9-18)21(16(2)3)24-14-20(26)25-22(15-23)12-6-7-13-22/h8-11,16-17,21,24H,5-7,12-14H2,1-4H3,(H,25,26)/p+1/t17-,21-/m1/s1. The van der Waals surface area contributed by atoms with Crippen LogP contribution in [0.3, 0.4) is 0 Å². The maximum absolute atomic E-state index is 12.4. The molecule has 1 saturated carbocycles. The first-order valence-electron chi connectivity index (χ1n) is 10.1. The van der Waals surface area contributed by atoms with Gasteiger partial charge in [-0.25, -0.2) is 0 Å². The molecule has 0 heterocycles. The lowest BCUT2D eigenvalue weighted by Gasteiger charge is -2.24. The van der Waals surface area contributed by atoms with E-state index in [1.807, 2.05) is 0 Å². The van der Waals surface area contributed by atoms with E-state index in [0.29, 0.717) is 18.4 Å². The van der Waals surface area contributed by atoms with Crippen LogP contribution in [-0.2, 0) is 4.79 Å². The van der Waals surface area contributed by atoms with Gasteiger partial charge in [0.25, 0.3) is 5.91 Å². The van der Waals surface area contributed by atoms with Crippen LogP contribution in [0.25, 0.3) is 0 Å². The molecule has 142 valence electrons. The van der Waals surface area contributed by atoms with Crippen LogP contribution >= 0.6 is 0 Å². The average molecular weight is 357 g/mol. The highest BCUT2D eigenvalue weighted by Gasteiger charge is 2.35. The van der Waals surface area contributed by atoms with E-state index >= 15 is 0 Å². The second-order valence-corrected chi connectivity index (χ2v) is 8.13. The molecule has 3 N–H and O–H groups in total. The number of nitrogens with zero attached hydrogens (tertiary/aromatic N) is 1. The number of benzene rings is 1. The maximum atomic E-state index is 12.4. The lowest BCUT2D eigenvalue weighted by molar-refractivity contribution is -0.692. The molecular formula is C22H34N3O+. The zero-order chi connectivity index (χ0) is 19.2. The minimum absolute atomic E-state index is 0.0321. The predicted octanol–water partition coefficient (Wildman–Crippen LogP) is 3.41. The molecule has 0 aliphatic heterocycles. The van der Waals surface area contributed by atoms with Gasteiger partial charge in [0.2, 0.25) is 0 Å². The lowest BCUT2D eigenvalue weighted by atomic mass is 9.92. The number of carbonyl (C=O) groups excluding carboxylic acids is 1. The Morgan fingerprint density at radius 2 is 1.77 bits per heavy atom. The topological polar surface area (TPSA) is 69.5 Å². The van der Waals surface area contributed by atoms with E-state index in [1.54, 1.807) is 0 Å². The molecule has 1 amide bonds. The van der Waals surface area contributed by atoms with Crippen molar-refractivity contribution >= 4 is 5.91 Å². The number of quaternary nitrogens is 1. The molecule has 1 aromatic carbocycles. The third-order valence-electron chi connectivity index (χ3n) is 5.83. The smallest absolute Gasteiger partial charge is 0.276 e. The van der Waals surface area contributed by atoms with Crippen LogP contribution < -0.4 is 10.6 Å². The zero-order valence-corrected chi connectivity index (χ0v) is 16.7. The fourth-order valence-electron chi connectivity index (χ4n) is 3.87.